The summed E-state index contributed by atoms with van der Waals surface area (Å²) in [5.41, 5.74) is 1.45. The van der Waals surface area contributed by atoms with Gasteiger partial charge < -0.3 is 19.3 Å². The number of pyridine rings is 1. The number of rotatable bonds is 4. The topological polar surface area (TPSA) is 99.6 Å². The number of aromatic nitrogens is 2. The summed E-state index contributed by atoms with van der Waals surface area (Å²) in [7, 11) is 0. The van der Waals surface area contributed by atoms with Crippen molar-refractivity contribution in [1.29, 1.82) is 0 Å². The third-order valence-electron chi connectivity index (χ3n) is 4.87. The van der Waals surface area contributed by atoms with Gasteiger partial charge in [0.2, 0.25) is 0 Å². The Morgan fingerprint density at radius 3 is 2.68 bits per heavy atom. The molecule has 1 fully saturated rings. The largest absolute Gasteiger partial charge is 0.618 e. The SMILES string of the molecule is O=C(OCC(=O)N1CCC(c2nc3ccccc3o2)CC1)c1cccc[n+]1[O-]. The Kier molecular flexibility index (Phi) is 4.92. The molecule has 8 heteroatoms. The summed E-state index contributed by atoms with van der Waals surface area (Å²) in [6.07, 6.45) is 2.66. The number of ether oxygens (including phenoxy) is 1. The number of piperidine rings is 1. The quantitative estimate of drug-likeness (QED) is 0.389. The molecule has 0 saturated carbocycles. The van der Waals surface area contributed by atoms with Crippen LogP contribution in [-0.2, 0) is 9.53 Å². The zero-order valence-corrected chi connectivity index (χ0v) is 15.1. The number of oxazole rings is 1. The van der Waals surface area contributed by atoms with Gasteiger partial charge in [0, 0.05) is 31.1 Å². The van der Waals surface area contributed by atoms with Gasteiger partial charge >= 0.3 is 11.7 Å². The van der Waals surface area contributed by atoms with Crippen molar-refractivity contribution in [1.82, 2.24) is 9.88 Å². The van der Waals surface area contributed by atoms with Gasteiger partial charge in [-0.2, -0.15) is 4.73 Å². The van der Waals surface area contributed by atoms with Crippen LogP contribution in [0.4, 0.5) is 0 Å². The lowest BCUT2D eigenvalue weighted by Gasteiger charge is -2.30. The van der Waals surface area contributed by atoms with E-state index in [4.69, 9.17) is 9.15 Å². The van der Waals surface area contributed by atoms with Crippen molar-refractivity contribution >= 4 is 23.0 Å². The van der Waals surface area contributed by atoms with Crippen molar-refractivity contribution in [2.24, 2.45) is 0 Å². The first-order valence-corrected chi connectivity index (χ1v) is 9.10. The molecule has 8 nitrogen and oxygen atoms in total. The molecule has 0 spiro atoms. The van der Waals surface area contributed by atoms with Crippen molar-refractivity contribution in [2.75, 3.05) is 19.7 Å². The molecule has 1 saturated heterocycles. The average molecular weight is 381 g/mol. The molecule has 0 aliphatic carbocycles. The van der Waals surface area contributed by atoms with Crippen molar-refractivity contribution in [3.8, 4) is 0 Å². The van der Waals surface area contributed by atoms with E-state index in [-0.39, 0.29) is 24.1 Å². The lowest BCUT2D eigenvalue weighted by Crippen LogP contribution is -2.41. The van der Waals surface area contributed by atoms with E-state index in [1.807, 2.05) is 24.3 Å². The molecule has 1 amide bonds. The molecule has 1 aliphatic rings. The van der Waals surface area contributed by atoms with E-state index in [0.717, 1.165) is 23.9 Å². The van der Waals surface area contributed by atoms with Gasteiger partial charge in [0.1, 0.15) is 5.52 Å². The van der Waals surface area contributed by atoms with Gasteiger partial charge in [-0.25, -0.2) is 9.78 Å². The summed E-state index contributed by atoms with van der Waals surface area (Å²) in [4.78, 5) is 30.5. The molecule has 144 valence electrons. The van der Waals surface area contributed by atoms with Crippen molar-refractivity contribution in [2.45, 2.75) is 18.8 Å². The highest BCUT2D eigenvalue weighted by molar-refractivity contribution is 5.88. The monoisotopic (exact) mass is 381 g/mol. The fourth-order valence-electron chi connectivity index (χ4n) is 3.32. The predicted octanol–water partition coefficient (Wildman–Crippen LogP) is 2.02. The first-order valence-electron chi connectivity index (χ1n) is 9.10. The van der Waals surface area contributed by atoms with Crippen LogP contribution in [0.2, 0.25) is 0 Å². The van der Waals surface area contributed by atoms with E-state index in [0.29, 0.717) is 23.7 Å². The third-order valence-corrected chi connectivity index (χ3v) is 4.87. The number of hydrogen-bond acceptors (Lipinski definition) is 6. The number of nitrogens with zero attached hydrogens (tertiary/aromatic N) is 3. The Hall–Kier alpha value is -3.42. The van der Waals surface area contributed by atoms with Crippen molar-refractivity contribution in [3.05, 3.63) is 65.5 Å². The standard InChI is InChI=1S/C20H19N3O5/c24-18(13-27-20(25)16-6-3-4-10-23(16)26)22-11-8-14(9-12-22)19-21-15-5-1-2-7-17(15)28-19/h1-7,10,14H,8-9,11-13H2. The highest BCUT2D eigenvalue weighted by Crippen LogP contribution is 2.29. The Labute approximate surface area is 160 Å². The molecule has 3 aromatic rings. The van der Waals surface area contributed by atoms with Crippen LogP contribution in [0.1, 0.15) is 35.1 Å². The molecular weight excluding hydrogens is 362 g/mol. The average Bonchev–Trinajstić information content (AvgIpc) is 3.16. The third kappa shape index (κ3) is 3.66. The summed E-state index contributed by atoms with van der Waals surface area (Å²) in [6, 6.07) is 12.0. The van der Waals surface area contributed by atoms with E-state index in [9.17, 15) is 14.8 Å². The molecular formula is C20H19N3O5. The molecule has 1 aliphatic heterocycles. The number of carbonyl (C=O) groups is 2. The van der Waals surface area contributed by atoms with Crippen LogP contribution in [0.15, 0.2) is 53.1 Å². The molecule has 1 aromatic carbocycles. The molecule has 2 aromatic heterocycles. The maximum atomic E-state index is 12.3. The highest BCUT2D eigenvalue weighted by atomic mass is 16.5. The Balaban J connectivity index is 1.30. The van der Waals surface area contributed by atoms with E-state index in [2.05, 4.69) is 4.98 Å². The van der Waals surface area contributed by atoms with Gasteiger partial charge in [-0.15, -0.1) is 0 Å². The summed E-state index contributed by atoms with van der Waals surface area (Å²) < 4.78 is 11.2. The van der Waals surface area contributed by atoms with Crippen LogP contribution in [0, 0.1) is 5.21 Å². The van der Waals surface area contributed by atoms with E-state index in [1.165, 1.54) is 18.3 Å². The highest BCUT2D eigenvalue weighted by Gasteiger charge is 2.28. The number of benzene rings is 1. The predicted molar refractivity (Wildman–Crippen MR) is 98.2 cm³/mol. The maximum Gasteiger partial charge on any atom is 0.405 e. The number of fused-ring (bicyclic) bond motifs is 1. The zero-order chi connectivity index (χ0) is 19.5. The van der Waals surface area contributed by atoms with Crippen LogP contribution in [-0.4, -0.2) is 41.5 Å². The molecule has 4 rings (SSSR count). The number of likely N-dealkylation sites (tertiary alicyclic amines) is 1. The fraction of sp³-hybridized carbons (Fsp3) is 0.300. The van der Waals surface area contributed by atoms with E-state index >= 15 is 0 Å². The Bertz CT molecular complexity index is 975. The van der Waals surface area contributed by atoms with Gasteiger partial charge in [0.05, 0.1) is 0 Å². The summed E-state index contributed by atoms with van der Waals surface area (Å²) in [5, 5.41) is 11.5. The first-order chi connectivity index (χ1) is 13.6. The van der Waals surface area contributed by atoms with Crippen LogP contribution in [0.3, 0.4) is 0 Å². The molecule has 0 radical (unpaired) electrons. The Morgan fingerprint density at radius 1 is 1.18 bits per heavy atom. The van der Waals surface area contributed by atoms with Gasteiger partial charge in [0.15, 0.2) is 24.3 Å². The number of hydrogen-bond donors (Lipinski definition) is 0. The van der Waals surface area contributed by atoms with Gasteiger partial charge in [-0.05, 0) is 31.0 Å². The number of esters is 1. The lowest BCUT2D eigenvalue weighted by molar-refractivity contribution is -0.608. The minimum absolute atomic E-state index is 0.148. The second-order valence-electron chi connectivity index (χ2n) is 6.66. The van der Waals surface area contributed by atoms with Crippen molar-refractivity contribution in [3.63, 3.8) is 0 Å². The van der Waals surface area contributed by atoms with Gasteiger partial charge in [0.25, 0.3) is 5.91 Å². The van der Waals surface area contributed by atoms with Crippen LogP contribution in [0.25, 0.3) is 11.1 Å². The minimum atomic E-state index is -0.815. The second-order valence-corrected chi connectivity index (χ2v) is 6.66. The molecule has 0 atom stereocenters. The summed E-state index contributed by atoms with van der Waals surface area (Å²) in [5.74, 6) is -0.241. The van der Waals surface area contributed by atoms with Crippen LogP contribution >= 0.6 is 0 Å². The smallest absolute Gasteiger partial charge is 0.405 e. The number of carbonyl (C=O) groups excluding carboxylic acids is 2. The van der Waals surface area contributed by atoms with Gasteiger partial charge in [-0.3, -0.25) is 4.79 Å². The molecule has 0 unspecified atom stereocenters. The van der Waals surface area contributed by atoms with Crippen LogP contribution < -0.4 is 4.73 Å². The van der Waals surface area contributed by atoms with Gasteiger partial charge in [-0.1, -0.05) is 12.1 Å². The number of para-hydroxylation sites is 2. The van der Waals surface area contributed by atoms with E-state index in [1.54, 1.807) is 11.0 Å². The minimum Gasteiger partial charge on any atom is -0.618 e. The second kappa shape index (κ2) is 7.67. The van der Waals surface area contributed by atoms with E-state index < -0.39 is 5.97 Å². The summed E-state index contributed by atoms with van der Waals surface area (Å²) >= 11 is 0. The molecule has 0 bridgehead atoms. The van der Waals surface area contributed by atoms with Crippen molar-refractivity contribution < 1.29 is 23.5 Å². The number of amides is 1. The normalized spacial score (nSPS) is 14.9. The lowest BCUT2D eigenvalue weighted by atomic mass is 9.97. The maximum absolute atomic E-state index is 12.3. The Morgan fingerprint density at radius 2 is 1.93 bits per heavy atom. The first kappa shape index (κ1) is 18.0. The summed E-state index contributed by atoms with van der Waals surface area (Å²) in [6.45, 7) is 0.681. The molecule has 3 heterocycles. The molecule has 28 heavy (non-hydrogen) atoms. The molecule has 0 N–H and O–H groups in total. The van der Waals surface area contributed by atoms with Crippen LogP contribution in [0.5, 0.6) is 0 Å². The zero-order valence-electron chi connectivity index (χ0n) is 15.1. The fourth-order valence-corrected chi connectivity index (χ4v) is 3.32.